The molecule has 132 valence electrons. The van der Waals surface area contributed by atoms with Crippen LogP contribution in [-0.2, 0) is 11.2 Å². The van der Waals surface area contributed by atoms with E-state index in [2.05, 4.69) is 35.1 Å². The predicted octanol–water partition coefficient (Wildman–Crippen LogP) is 1.20. The summed E-state index contributed by atoms with van der Waals surface area (Å²) in [5, 5.41) is 3.07. The molecule has 1 fully saturated rings. The first-order valence-corrected chi connectivity index (χ1v) is 8.53. The minimum atomic E-state index is -0.00821. The van der Waals surface area contributed by atoms with Gasteiger partial charge in [-0.05, 0) is 24.6 Å². The van der Waals surface area contributed by atoms with Crippen molar-refractivity contribution in [1.82, 2.24) is 30.2 Å². The molecule has 1 atom stereocenters. The summed E-state index contributed by atoms with van der Waals surface area (Å²) in [6, 6.07) is 5.83. The van der Waals surface area contributed by atoms with E-state index in [-0.39, 0.29) is 11.9 Å². The smallest absolute Gasteiger partial charge is 0.226 e. The highest BCUT2D eigenvalue weighted by atomic mass is 16.1. The number of rotatable bonds is 5. The Labute approximate surface area is 150 Å². The fraction of sp³-hybridized carbons (Fsp3) is 0.278. The molecule has 1 saturated heterocycles. The first-order chi connectivity index (χ1) is 12.8. The van der Waals surface area contributed by atoms with Crippen LogP contribution in [0.3, 0.4) is 0 Å². The number of H-pyrrole nitrogens is 1. The van der Waals surface area contributed by atoms with Gasteiger partial charge in [0.15, 0.2) is 0 Å². The molecule has 0 aromatic carbocycles. The van der Waals surface area contributed by atoms with Gasteiger partial charge in [0, 0.05) is 55.2 Å². The summed E-state index contributed by atoms with van der Waals surface area (Å²) in [6.45, 7) is 1.51. The zero-order valence-electron chi connectivity index (χ0n) is 14.2. The van der Waals surface area contributed by atoms with E-state index in [9.17, 15) is 4.79 Å². The summed E-state index contributed by atoms with van der Waals surface area (Å²) < 4.78 is 0. The van der Waals surface area contributed by atoms with Crippen LogP contribution in [0.5, 0.6) is 0 Å². The maximum Gasteiger partial charge on any atom is 0.226 e. The van der Waals surface area contributed by atoms with E-state index in [1.165, 1.54) is 0 Å². The van der Waals surface area contributed by atoms with Crippen molar-refractivity contribution in [3.05, 3.63) is 55.0 Å². The minimum absolute atomic E-state index is 0.00821. The molecule has 26 heavy (non-hydrogen) atoms. The largest absolute Gasteiger partial charge is 0.351 e. The van der Waals surface area contributed by atoms with Crippen molar-refractivity contribution < 1.29 is 4.79 Å². The summed E-state index contributed by atoms with van der Waals surface area (Å²) in [5.41, 5.74) is 2.61. The molecule has 0 radical (unpaired) electrons. The molecule has 0 aliphatic carbocycles. The third-order valence-electron chi connectivity index (χ3n) is 4.34. The van der Waals surface area contributed by atoms with Gasteiger partial charge < -0.3 is 15.2 Å². The number of hydrogen-bond donors (Lipinski definition) is 2. The molecule has 3 aromatic rings. The molecule has 8 heteroatoms. The number of pyridine rings is 1. The number of aromatic amines is 1. The third-order valence-corrected chi connectivity index (χ3v) is 4.34. The van der Waals surface area contributed by atoms with Gasteiger partial charge in [-0.2, -0.15) is 0 Å². The molecule has 3 aromatic heterocycles. The van der Waals surface area contributed by atoms with E-state index in [1.807, 2.05) is 18.2 Å². The van der Waals surface area contributed by atoms with Gasteiger partial charge in [-0.15, -0.1) is 0 Å². The van der Waals surface area contributed by atoms with E-state index in [0.717, 1.165) is 29.9 Å². The maximum absolute atomic E-state index is 12.1. The second kappa shape index (κ2) is 7.30. The molecule has 1 aliphatic rings. The molecular weight excluding hydrogens is 330 g/mol. The number of carbonyl (C=O) groups excluding carboxylic acids is 1. The Hall–Kier alpha value is -3.29. The van der Waals surface area contributed by atoms with Gasteiger partial charge >= 0.3 is 0 Å². The Morgan fingerprint density at radius 1 is 1.27 bits per heavy atom. The van der Waals surface area contributed by atoms with Gasteiger partial charge in [0.05, 0.1) is 18.4 Å². The first kappa shape index (κ1) is 16.2. The number of anilines is 1. The first-order valence-electron chi connectivity index (χ1n) is 8.53. The Bertz CT molecular complexity index is 866. The van der Waals surface area contributed by atoms with E-state index in [0.29, 0.717) is 18.9 Å². The van der Waals surface area contributed by atoms with E-state index in [4.69, 9.17) is 0 Å². The number of carbonyl (C=O) groups is 1. The highest BCUT2D eigenvalue weighted by Crippen LogP contribution is 2.20. The second-order valence-corrected chi connectivity index (χ2v) is 6.24. The van der Waals surface area contributed by atoms with E-state index < -0.39 is 0 Å². The van der Waals surface area contributed by atoms with Crippen LogP contribution in [0.15, 0.2) is 49.3 Å². The number of aromatic nitrogens is 5. The van der Waals surface area contributed by atoms with Gasteiger partial charge in [-0.1, -0.05) is 0 Å². The van der Waals surface area contributed by atoms with Crippen LogP contribution in [-0.4, -0.2) is 50.0 Å². The van der Waals surface area contributed by atoms with Crippen molar-refractivity contribution in [1.29, 1.82) is 0 Å². The zero-order valence-corrected chi connectivity index (χ0v) is 14.2. The number of nitrogens with one attached hydrogen (secondary N) is 2. The average molecular weight is 349 g/mol. The van der Waals surface area contributed by atoms with Gasteiger partial charge in [-0.3, -0.25) is 9.78 Å². The normalized spacial score (nSPS) is 16.6. The molecule has 1 aliphatic heterocycles. The lowest BCUT2D eigenvalue weighted by Crippen LogP contribution is -2.38. The molecule has 4 heterocycles. The number of amides is 1. The van der Waals surface area contributed by atoms with Crippen LogP contribution in [0.4, 0.5) is 5.95 Å². The van der Waals surface area contributed by atoms with Crippen LogP contribution >= 0.6 is 0 Å². The molecule has 4 rings (SSSR count). The van der Waals surface area contributed by atoms with Crippen molar-refractivity contribution in [2.45, 2.75) is 18.9 Å². The quantitative estimate of drug-likeness (QED) is 0.718. The van der Waals surface area contributed by atoms with E-state index >= 15 is 0 Å². The van der Waals surface area contributed by atoms with Crippen LogP contribution in [0, 0.1) is 0 Å². The fourth-order valence-electron chi connectivity index (χ4n) is 3.07. The topological polar surface area (TPSA) is 99.7 Å². The SMILES string of the molecule is O=C(Cc1cnc[nH]1)NC1CCN(c2nccc(-c3cccnc3)n2)C1. The molecule has 1 unspecified atom stereocenters. The molecule has 0 bridgehead atoms. The Morgan fingerprint density at radius 3 is 3.04 bits per heavy atom. The van der Waals surface area contributed by atoms with Crippen molar-refractivity contribution in [2.75, 3.05) is 18.0 Å². The Balaban J connectivity index is 1.38. The molecule has 2 N–H and O–H groups in total. The predicted molar refractivity (Wildman–Crippen MR) is 96.3 cm³/mol. The van der Waals surface area contributed by atoms with Gasteiger partial charge in [0.1, 0.15) is 0 Å². The fourth-order valence-corrected chi connectivity index (χ4v) is 3.07. The van der Waals surface area contributed by atoms with Crippen molar-refractivity contribution in [2.24, 2.45) is 0 Å². The summed E-state index contributed by atoms with van der Waals surface area (Å²) in [5.74, 6) is 0.669. The standard InChI is InChI=1S/C18H19N7O/c26-17(8-15-10-20-12-22-15)23-14-4-7-25(11-14)18-21-6-3-16(24-18)13-2-1-5-19-9-13/h1-3,5-6,9-10,12,14H,4,7-8,11H2,(H,20,22)(H,23,26). The molecule has 1 amide bonds. The highest BCUT2D eigenvalue weighted by Gasteiger charge is 2.26. The highest BCUT2D eigenvalue weighted by molar-refractivity contribution is 5.78. The molecule has 0 saturated carbocycles. The average Bonchev–Trinajstić information content (AvgIpc) is 3.35. The number of hydrogen-bond acceptors (Lipinski definition) is 6. The molecule has 8 nitrogen and oxygen atoms in total. The van der Waals surface area contributed by atoms with Crippen LogP contribution in [0.2, 0.25) is 0 Å². The lowest BCUT2D eigenvalue weighted by Gasteiger charge is -2.17. The number of imidazole rings is 1. The Morgan fingerprint density at radius 2 is 2.23 bits per heavy atom. The van der Waals surface area contributed by atoms with E-state index in [1.54, 1.807) is 31.1 Å². The lowest BCUT2D eigenvalue weighted by atomic mass is 10.2. The summed E-state index contributed by atoms with van der Waals surface area (Å²) in [4.78, 5) is 34.3. The third kappa shape index (κ3) is 3.69. The molecule has 0 spiro atoms. The minimum Gasteiger partial charge on any atom is -0.351 e. The van der Waals surface area contributed by atoms with Crippen LogP contribution in [0.25, 0.3) is 11.3 Å². The van der Waals surface area contributed by atoms with Crippen molar-refractivity contribution in [3.63, 3.8) is 0 Å². The zero-order chi connectivity index (χ0) is 17.8. The van der Waals surface area contributed by atoms with Gasteiger partial charge in [0.25, 0.3) is 0 Å². The lowest BCUT2D eigenvalue weighted by molar-refractivity contribution is -0.121. The van der Waals surface area contributed by atoms with Gasteiger partial charge in [-0.25, -0.2) is 15.0 Å². The van der Waals surface area contributed by atoms with Crippen molar-refractivity contribution >= 4 is 11.9 Å². The molecular formula is C18H19N7O. The van der Waals surface area contributed by atoms with Gasteiger partial charge in [0.2, 0.25) is 11.9 Å². The van der Waals surface area contributed by atoms with Crippen LogP contribution in [0.1, 0.15) is 12.1 Å². The summed E-state index contributed by atoms with van der Waals surface area (Å²) >= 11 is 0. The number of nitrogens with zero attached hydrogens (tertiary/aromatic N) is 5. The summed E-state index contributed by atoms with van der Waals surface area (Å²) in [7, 11) is 0. The second-order valence-electron chi connectivity index (χ2n) is 6.24. The monoisotopic (exact) mass is 349 g/mol. The Kier molecular flexibility index (Phi) is 4.55. The summed E-state index contributed by atoms with van der Waals surface area (Å²) in [6.07, 6.45) is 9.70. The van der Waals surface area contributed by atoms with Crippen molar-refractivity contribution in [3.8, 4) is 11.3 Å². The maximum atomic E-state index is 12.1. The van der Waals surface area contributed by atoms with Crippen LogP contribution < -0.4 is 10.2 Å².